The number of hydrogen-bond acceptors (Lipinski definition) is 3. The van der Waals surface area contributed by atoms with E-state index in [-0.39, 0.29) is 17.7 Å². The summed E-state index contributed by atoms with van der Waals surface area (Å²) in [6.07, 6.45) is 2.02. The van der Waals surface area contributed by atoms with Crippen LogP contribution in [-0.2, 0) is 9.59 Å². The van der Waals surface area contributed by atoms with Crippen LogP contribution in [0.4, 0.5) is 0 Å². The van der Waals surface area contributed by atoms with E-state index in [4.69, 9.17) is 5.73 Å². The molecule has 19 heavy (non-hydrogen) atoms. The Morgan fingerprint density at radius 2 is 1.79 bits per heavy atom. The van der Waals surface area contributed by atoms with Crippen molar-refractivity contribution in [3.63, 3.8) is 0 Å². The van der Waals surface area contributed by atoms with Gasteiger partial charge in [-0.25, -0.2) is 0 Å². The fourth-order valence-electron chi connectivity index (χ4n) is 1.82. The standard InChI is InChI=1S/C14H29N3O2/c1-5-11(4)13(15)14(19)16-10-8-9-12(18)17(6-2)7-3/h11,13H,5-10,15H2,1-4H3,(H,16,19). The third-order valence-electron chi connectivity index (χ3n) is 3.54. The summed E-state index contributed by atoms with van der Waals surface area (Å²) in [6.45, 7) is 9.90. The summed E-state index contributed by atoms with van der Waals surface area (Å²) in [6, 6.07) is -0.455. The van der Waals surface area contributed by atoms with E-state index in [1.165, 1.54) is 0 Å². The number of nitrogens with zero attached hydrogens (tertiary/aromatic N) is 1. The second-order valence-corrected chi connectivity index (χ2v) is 4.87. The van der Waals surface area contributed by atoms with E-state index >= 15 is 0 Å². The molecule has 0 aliphatic rings. The highest BCUT2D eigenvalue weighted by Crippen LogP contribution is 2.05. The van der Waals surface area contributed by atoms with Gasteiger partial charge in [0, 0.05) is 26.1 Å². The van der Waals surface area contributed by atoms with Gasteiger partial charge >= 0.3 is 0 Å². The fourth-order valence-corrected chi connectivity index (χ4v) is 1.82. The van der Waals surface area contributed by atoms with Crippen LogP contribution in [0.5, 0.6) is 0 Å². The van der Waals surface area contributed by atoms with E-state index in [9.17, 15) is 9.59 Å². The molecule has 2 amide bonds. The van der Waals surface area contributed by atoms with Crippen molar-refractivity contribution in [1.29, 1.82) is 0 Å². The number of hydrogen-bond donors (Lipinski definition) is 2. The molecule has 5 heteroatoms. The molecule has 0 fully saturated rings. The first kappa shape index (κ1) is 17.9. The van der Waals surface area contributed by atoms with Crippen LogP contribution in [-0.4, -0.2) is 42.4 Å². The van der Waals surface area contributed by atoms with Crippen molar-refractivity contribution >= 4 is 11.8 Å². The number of carbonyl (C=O) groups is 2. The van der Waals surface area contributed by atoms with Crippen molar-refractivity contribution in [1.82, 2.24) is 10.2 Å². The summed E-state index contributed by atoms with van der Waals surface area (Å²) >= 11 is 0. The molecule has 0 rings (SSSR count). The van der Waals surface area contributed by atoms with Crippen LogP contribution < -0.4 is 11.1 Å². The largest absolute Gasteiger partial charge is 0.355 e. The van der Waals surface area contributed by atoms with Crippen LogP contribution in [0.3, 0.4) is 0 Å². The molecule has 0 saturated heterocycles. The average Bonchev–Trinajstić information content (AvgIpc) is 2.42. The van der Waals surface area contributed by atoms with Crippen molar-refractivity contribution in [2.75, 3.05) is 19.6 Å². The molecular formula is C14H29N3O2. The molecule has 0 saturated carbocycles. The van der Waals surface area contributed by atoms with Gasteiger partial charge < -0.3 is 16.0 Å². The van der Waals surface area contributed by atoms with Crippen LogP contribution in [0.15, 0.2) is 0 Å². The first-order valence-corrected chi connectivity index (χ1v) is 7.28. The Morgan fingerprint density at radius 1 is 1.21 bits per heavy atom. The molecule has 0 aliphatic heterocycles. The zero-order valence-corrected chi connectivity index (χ0v) is 12.7. The first-order chi connectivity index (χ1) is 8.97. The summed E-state index contributed by atoms with van der Waals surface area (Å²) in [7, 11) is 0. The minimum Gasteiger partial charge on any atom is -0.355 e. The number of rotatable bonds is 9. The Balaban J connectivity index is 3.86. The molecular weight excluding hydrogens is 242 g/mol. The molecule has 0 radical (unpaired) electrons. The highest BCUT2D eigenvalue weighted by Gasteiger charge is 2.18. The molecule has 5 nitrogen and oxygen atoms in total. The molecule has 2 atom stereocenters. The zero-order valence-electron chi connectivity index (χ0n) is 12.7. The topological polar surface area (TPSA) is 75.4 Å². The summed E-state index contributed by atoms with van der Waals surface area (Å²) < 4.78 is 0. The lowest BCUT2D eigenvalue weighted by Gasteiger charge is -2.19. The van der Waals surface area contributed by atoms with E-state index in [0.29, 0.717) is 19.4 Å². The number of nitrogens with two attached hydrogens (primary N) is 1. The quantitative estimate of drug-likeness (QED) is 0.617. The van der Waals surface area contributed by atoms with Gasteiger partial charge in [0.25, 0.3) is 0 Å². The van der Waals surface area contributed by atoms with Crippen molar-refractivity contribution in [3.8, 4) is 0 Å². The van der Waals surface area contributed by atoms with Gasteiger partial charge in [0.2, 0.25) is 11.8 Å². The first-order valence-electron chi connectivity index (χ1n) is 7.28. The molecule has 2 unspecified atom stereocenters. The van der Waals surface area contributed by atoms with Crippen LogP contribution in [0.25, 0.3) is 0 Å². The third-order valence-corrected chi connectivity index (χ3v) is 3.54. The Bertz CT molecular complexity index is 278. The second-order valence-electron chi connectivity index (χ2n) is 4.87. The molecule has 0 aliphatic carbocycles. The average molecular weight is 271 g/mol. The number of carbonyl (C=O) groups excluding carboxylic acids is 2. The molecule has 0 aromatic rings. The molecule has 0 spiro atoms. The van der Waals surface area contributed by atoms with Crippen LogP contribution in [0.2, 0.25) is 0 Å². The molecule has 0 aromatic heterocycles. The van der Waals surface area contributed by atoms with E-state index in [2.05, 4.69) is 5.32 Å². The third kappa shape index (κ3) is 6.57. The normalized spacial score (nSPS) is 13.7. The number of nitrogens with one attached hydrogen (secondary N) is 1. The van der Waals surface area contributed by atoms with Gasteiger partial charge in [-0.2, -0.15) is 0 Å². The number of amides is 2. The highest BCUT2D eigenvalue weighted by molar-refractivity contribution is 5.81. The maximum Gasteiger partial charge on any atom is 0.237 e. The lowest BCUT2D eigenvalue weighted by atomic mass is 9.99. The Hall–Kier alpha value is -1.10. The minimum absolute atomic E-state index is 0.121. The maximum absolute atomic E-state index is 11.7. The van der Waals surface area contributed by atoms with Crippen molar-refractivity contribution in [3.05, 3.63) is 0 Å². The van der Waals surface area contributed by atoms with Crippen LogP contribution in [0.1, 0.15) is 47.0 Å². The predicted octanol–water partition coefficient (Wildman–Crippen LogP) is 1.12. The second kappa shape index (κ2) is 9.78. The van der Waals surface area contributed by atoms with Crippen LogP contribution in [0, 0.1) is 5.92 Å². The van der Waals surface area contributed by atoms with E-state index in [0.717, 1.165) is 19.5 Å². The predicted molar refractivity (Wildman–Crippen MR) is 77.6 cm³/mol. The highest BCUT2D eigenvalue weighted by atomic mass is 16.2. The minimum atomic E-state index is -0.455. The fraction of sp³-hybridized carbons (Fsp3) is 0.857. The Labute approximate surface area is 116 Å². The maximum atomic E-state index is 11.7. The molecule has 0 aromatic carbocycles. The van der Waals surface area contributed by atoms with Gasteiger partial charge in [-0.1, -0.05) is 20.3 Å². The van der Waals surface area contributed by atoms with Crippen molar-refractivity contribution in [2.45, 2.75) is 53.0 Å². The summed E-state index contributed by atoms with van der Waals surface area (Å²) in [4.78, 5) is 25.2. The monoisotopic (exact) mass is 271 g/mol. The summed E-state index contributed by atoms with van der Waals surface area (Å²) in [5, 5.41) is 2.79. The molecule has 0 heterocycles. The smallest absolute Gasteiger partial charge is 0.237 e. The lowest BCUT2D eigenvalue weighted by molar-refractivity contribution is -0.131. The van der Waals surface area contributed by atoms with Gasteiger partial charge in [0.15, 0.2) is 0 Å². The van der Waals surface area contributed by atoms with Gasteiger partial charge in [-0.3, -0.25) is 9.59 Å². The molecule has 3 N–H and O–H groups in total. The summed E-state index contributed by atoms with van der Waals surface area (Å²) in [5.41, 5.74) is 5.82. The molecule has 112 valence electrons. The zero-order chi connectivity index (χ0) is 14.8. The van der Waals surface area contributed by atoms with Gasteiger partial charge in [0.05, 0.1) is 6.04 Å². The SMILES string of the molecule is CCC(C)C(N)C(=O)NCCCC(=O)N(CC)CC. The van der Waals surface area contributed by atoms with Gasteiger partial charge in [-0.05, 0) is 26.2 Å². The van der Waals surface area contributed by atoms with Gasteiger partial charge in [0.1, 0.15) is 0 Å². The van der Waals surface area contributed by atoms with Crippen LogP contribution >= 0.6 is 0 Å². The van der Waals surface area contributed by atoms with E-state index < -0.39 is 6.04 Å². The summed E-state index contributed by atoms with van der Waals surface area (Å²) in [5.74, 6) is 0.201. The lowest BCUT2D eigenvalue weighted by Crippen LogP contribution is -2.45. The Kier molecular flexibility index (Phi) is 9.21. The van der Waals surface area contributed by atoms with E-state index in [1.807, 2.05) is 27.7 Å². The van der Waals surface area contributed by atoms with Crippen molar-refractivity contribution in [2.24, 2.45) is 11.7 Å². The Morgan fingerprint density at radius 3 is 2.26 bits per heavy atom. The molecule has 0 bridgehead atoms. The van der Waals surface area contributed by atoms with Gasteiger partial charge in [-0.15, -0.1) is 0 Å². The van der Waals surface area contributed by atoms with Crippen molar-refractivity contribution < 1.29 is 9.59 Å². The van der Waals surface area contributed by atoms with E-state index in [1.54, 1.807) is 4.90 Å².